The van der Waals surface area contributed by atoms with Gasteiger partial charge in [-0.15, -0.1) is 0 Å². The number of rotatable bonds is 2. The normalized spacial score (nSPS) is 17.5. The van der Waals surface area contributed by atoms with Crippen LogP contribution < -0.4 is 11.3 Å². The molecule has 3 N–H and O–H groups in total. The van der Waals surface area contributed by atoms with Gasteiger partial charge in [-0.3, -0.25) is 4.99 Å². The van der Waals surface area contributed by atoms with Crippen molar-refractivity contribution in [2.75, 3.05) is 0 Å². The van der Waals surface area contributed by atoms with Crippen molar-refractivity contribution in [2.45, 2.75) is 31.7 Å². The monoisotopic (exact) mass is 299 g/mol. The van der Waals surface area contributed by atoms with Crippen LogP contribution in [-0.2, 0) is 0 Å². The summed E-state index contributed by atoms with van der Waals surface area (Å²) in [4.78, 5) is 4.58. The summed E-state index contributed by atoms with van der Waals surface area (Å²) in [5.74, 6) is 5.83. The molecule has 0 radical (unpaired) electrons. The minimum atomic E-state index is -0.280. The van der Waals surface area contributed by atoms with Gasteiger partial charge < -0.3 is 5.43 Å². The Balaban J connectivity index is 2.27. The van der Waals surface area contributed by atoms with E-state index in [1.165, 1.54) is 25.0 Å². The topological polar surface area (TPSA) is 50.4 Å². The van der Waals surface area contributed by atoms with E-state index in [1.807, 2.05) is 0 Å². The largest absolute Gasteiger partial charge is 0.308 e. The Morgan fingerprint density at radius 2 is 2.12 bits per heavy atom. The van der Waals surface area contributed by atoms with E-state index in [9.17, 15) is 4.39 Å². The second kappa shape index (κ2) is 5.60. The third kappa shape index (κ3) is 3.04. The van der Waals surface area contributed by atoms with Crippen LogP contribution in [0.15, 0.2) is 27.7 Å². The number of hydrogen-bond acceptors (Lipinski definition) is 2. The Labute approximate surface area is 108 Å². The SMILES string of the molecule is NNC(=NC1CCCC1)c1ccc(F)cc1Br. The zero-order chi connectivity index (χ0) is 12.3. The van der Waals surface area contributed by atoms with Gasteiger partial charge in [0.15, 0.2) is 0 Å². The van der Waals surface area contributed by atoms with Crippen LogP contribution >= 0.6 is 15.9 Å². The first-order valence-electron chi connectivity index (χ1n) is 5.70. The summed E-state index contributed by atoms with van der Waals surface area (Å²) in [5, 5.41) is 0. The molecule has 1 aliphatic rings. The van der Waals surface area contributed by atoms with Gasteiger partial charge in [-0.25, -0.2) is 10.2 Å². The van der Waals surface area contributed by atoms with Crippen molar-refractivity contribution in [3.05, 3.63) is 34.1 Å². The van der Waals surface area contributed by atoms with E-state index in [2.05, 4.69) is 26.3 Å². The molecule has 0 amide bonds. The molecule has 1 saturated carbocycles. The second-order valence-corrected chi connectivity index (χ2v) is 5.04. The molecule has 0 heterocycles. The average molecular weight is 300 g/mol. The fraction of sp³-hybridized carbons (Fsp3) is 0.417. The van der Waals surface area contributed by atoms with E-state index in [0.717, 1.165) is 18.4 Å². The summed E-state index contributed by atoms with van der Waals surface area (Å²) in [5.41, 5.74) is 3.40. The zero-order valence-corrected chi connectivity index (χ0v) is 11.0. The lowest BCUT2D eigenvalue weighted by molar-refractivity contribution is 0.626. The molecule has 1 aliphatic carbocycles. The number of nitrogens with one attached hydrogen (secondary N) is 1. The van der Waals surface area contributed by atoms with Crippen molar-refractivity contribution in [3.8, 4) is 0 Å². The number of benzene rings is 1. The number of amidine groups is 1. The van der Waals surface area contributed by atoms with Crippen LogP contribution in [0.4, 0.5) is 4.39 Å². The van der Waals surface area contributed by atoms with Crippen molar-refractivity contribution in [2.24, 2.45) is 10.8 Å². The lowest BCUT2D eigenvalue weighted by Crippen LogP contribution is -2.32. The molecular weight excluding hydrogens is 285 g/mol. The third-order valence-electron chi connectivity index (χ3n) is 2.96. The summed E-state index contributed by atoms with van der Waals surface area (Å²) in [6.45, 7) is 0. The molecule has 1 fully saturated rings. The average Bonchev–Trinajstić information content (AvgIpc) is 2.79. The molecule has 1 aromatic carbocycles. The molecule has 1 aromatic rings. The lowest BCUT2D eigenvalue weighted by atomic mass is 10.2. The first-order valence-corrected chi connectivity index (χ1v) is 6.50. The summed E-state index contributed by atoms with van der Waals surface area (Å²) in [6, 6.07) is 4.82. The highest BCUT2D eigenvalue weighted by Gasteiger charge is 2.16. The van der Waals surface area contributed by atoms with E-state index in [4.69, 9.17) is 5.84 Å². The van der Waals surface area contributed by atoms with Gasteiger partial charge in [0.25, 0.3) is 0 Å². The van der Waals surface area contributed by atoms with Crippen LogP contribution in [0, 0.1) is 5.82 Å². The molecule has 3 nitrogen and oxygen atoms in total. The van der Waals surface area contributed by atoms with Crippen LogP contribution in [0.5, 0.6) is 0 Å². The molecule has 0 atom stereocenters. The minimum Gasteiger partial charge on any atom is -0.308 e. The molecule has 17 heavy (non-hydrogen) atoms. The van der Waals surface area contributed by atoms with Crippen LogP contribution in [0.3, 0.4) is 0 Å². The van der Waals surface area contributed by atoms with Gasteiger partial charge in [0.1, 0.15) is 11.7 Å². The highest BCUT2D eigenvalue weighted by molar-refractivity contribution is 9.10. The van der Waals surface area contributed by atoms with Gasteiger partial charge >= 0.3 is 0 Å². The molecule has 0 spiro atoms. The Kier molecular flexibility index (Phi) is 4.12. The van der Waals surface area contributed by atoms with Crippen LogP contribution in [-0.4, -0.2) is 11.9 Å². The quantitative estimate of drug-likeness (QED) is 0.382. The number of aliphatic imine (C=N–C) groups is 1. The number of hydrogen-bond donors (Lipinski definition) is 2. The van der Waals surface area contributed by atoms with Crippen LogP contribution in [0.2, 0.25) is 0 Å². The number of nitrogens with two attached hydrogens (primary N) is 1. The van der Waals surface area contributed by atoms with E-state index in [-0.39, 0.29) is 5.82 Å². The van der Waals surface area contributed by atoms with Crippen molar-refractivity contribution < 1.29 is 4.39 Å². The van der Waals surface area contributed by atoms with Crippen molar-refractivity contribution in [1.29, 1.82) is 0 Å². The summed E-state index contributed by atoms with van der Waals surface area (Å²) in [6.07, 6.45) is 4.64. The molecule has 0 aliphatic heterocycles. The van der Waals surface area contributed by atoms with Gasteiger partial charge in [0.05, 0.1) is 6.04 Å². The van der Waals surface area contributed by atoms with Gasteiger partial charge in [-0.05, 0) is 47.0 Å². The predicted octanol–water partition coefficient (Wildman–Crippen LogP) is 2.74. The van der Waals surface area contributed by atoms with E-state index < -0.39 is 0 Å². The standard InChI is InChI=1S/C12H15BrFN3/c13-11-7-8(14)5-6-10(11)12(17-15)16-9-3-1-2-4-9/h5-7,9H,1-4,15H2,(H,16,17). The summed E-state index contributed by atoms with van der Waals surface area (Å²) in [7, 11) is 0. The molecule has 5 heteroatoms. The highest BCUT2D eigenvalue weighted by atomic mass is 79.9. The molecule has 2 rings (SSSR count). The minimum absolute atomic E-state index is 0.280. The maximum Gasteiger partial charge on any atom is 0.143 e. The van der Waals surface area contributed by atoms with Gasteiger partial charge in [0.2, 0.25) is 0 Å². The Morgan fingerprint density at radius 3 is 2.71 bits per heavy atom. The van der Waals surface area contributed by atoms with Gasteiger partial charge in [-0.1, -0.05) is 12.8 Å². The van der Waals surface area contributed by atoms with Crippen LogP contribution in [0.1, 0.15) is 31.2 Å². The van der Waals surface area contributed by atoms with E-state index >= 15 is 0 Å². The maximum absolute atomic E-state index is 13.0. The number of halogens is 2. The van der Waals surface area contributed by atoms with E-state index in [1.54, 1.807) is 6.07 Å². The summed E-state index contributed by atoms with van der Waals surface area (Å²) >= 11 is 3.32. The maximum atomic E-state index is 13.0. The third-order valence-corrected chi connectivity index (χ3v) is 3.62. The summed E-state index contributed by atoms with van der Waals surface area (Å²) < 4.78 is 13.7. The predicted molar refractivity (Wildman–Crippen MR) is 70.2 cm³/mol. The first-order chi connectivity index (χ1) is 8.20. The van der Waals surface area contributed by atoms with Crippen molar-refractivity contribution in [1.82, 2.24) is 5.43 Å². The molecule has 0 saturated heterocycles. The smallest absolute Gasteiger partial charge is 0.143 e. The van der Waals surface area contributed by atoms with Gasteiger partial charge in [0, 0.05) is 10.0 Å². The van der Waals surface area contributed by atoms with Crippen molar-refractivity contribution >= 4 is 21.8 Å². The molecule has 92 valence electrons. The highest BCUT2D eigenvalue weighted by Crippen LogP contribution is 2.23. The van der Waals surface area contributed by atoms with Crippen LogP contribution in [0.25, 0.3) is 0 Å². The van der Waals surface area contributed by atoms with Gasteiger partial charge in [-0.2, -0.15) is 0 Å². The molecule has 0 aromatic heterocycles. The Bertz CT molecular complexity index is 428. The Morgan fingerprint density at radius 1 is 1.41 bits per heavy atom. The molecule has 0 bridgehead atoms. The second-order valence-electron chi connectivity index (χ2n) is 4.18. The molecular formula is C12H15BrFN3. The van der Waals surface area contributed by atoms with E-state index in [0.29, 0.717) is 16.4 Å². The lowest BCUT2D eigenvalue weighted by Gasteiger charge is -2.11. The van der Waals surface area contributed by atoms with Crippen molar-refractivity contribution in [3.63, 3.8) is 0 Å². The Hall–Kier alpha value is -0.940. The molecule has 0 unspecified atom stereocenters. The number of hydrazine groups is 1. The fourth-order valence-electron chi connectivity index (χ4n) is 2.08. The first kappa shape index (κ1) is 12.5. The fourth-order valence-corrected chi connectivity index (χ4v) is 2.62. The number of nitrogens with zero attached hydrogens (tertiary/aromatic N) is 1. The zero-order valence-electron chi connectivity index (χ0n) is 9.42.